The summed E-state index contributed by atoms with van der Waals surface area (Å²) in [4.78, 5) is 31.4. The molecule has 0 unspecified atom stereocenters. The van der Waals surface area contributed by atoms with Gasteiger partial charge in [0.05, 0.1) is 17.6 Å². The van der Waals surface area contributed by atoms with Crippen LogP contribution in [0.5, 0.6) is 0 Å². The van der Waals surface area contributed by atoms with Crippen LogP contribution in [-0.2, 0) is 20.9 Å². The highest BCUT2D eigenvalue weighted by Gasteiger charge is 2.35. The highest BCUT2D eigenvalue weighted by atomic mass is 16.5. The number of nitrogens with zero attached hydrogens (tertiary/aromatic N) is 3. The van der Waals surface area contributed by atoms with Gasteiger partial charge in [-0.05, 0) is 38.1 Å². The number of para-hydroxylation sites is 2. The minimum Gasteiger partial charge on any atom is -0.465 e. The molecule has 28 heavy (non-hydrogen) atoms. The fourth-order valence-electron chi connectivity index (χ4n) is 3.76. The third-order valence-corrected chi connectivity index (χ3v) is 5.11. The summed E-state index contributed by atoms with van der Waals surface area (Å²) in [6.45, 7) is 4.80. The molecule has 6 nitrogen and oxygen atoms in total. The molecular formula is C22H23N3O3. The number of imidazole rings is 1. The summed E-state index contributed by atoms with van der Waals surface area (Å²) in [5.74, 6) is 0.461. The Hall–Kier alpha value is -3.15. The number of hydrogen-bond donors (Lipinski definition) is 0. The SMILES string of the molecule is CCOC(=O)Cn1c([C@@H]2CC(=O)N(c3ccc(C)cc3)C2)nc2ccccc21. The molecule has 0 spiro atoms. The van der Waals surface area contributed by atoms with Gasteiger partial charge in [-0.25, -0.2) is 4.98 Å². The number of fused-ring (bicyclic) bond motifs is 1. The molecule has 1 atom stereocenters. The van der Waals surface area contributed by atoms with Crippen molar-refractivity contribution in [2.24, 2.45) is 0 Å². The van der Waals surface area contributed by atoms with Crippen molar-refractivity contribution in [2.45, 2.75) is 32.7 Å². The van der Waals surface area contributed by atoms with Gasteiger partial charge < -0.3 is 14.2 Å². The van der Waals surface area contributed by atoms with E-state index in [4.69, 9.17) is 9.72 Å². The zero-order valence-corrected chi connectivity index (χ0v) is 16.1. The summed E-state index contributed by atoms with van der Waals surface area (Å²) >= 11 is 0. The fourth-order valence-corrected chi connectivity index (χ4v) is 3.76. The van der Waals surface area contributed by atoms with Crippen LogP contribution in [0.1, 0.15) is 30.7 Å². The van der Waals surface area contributed by atoms with Crippen molar-refractivity contribution < 1.29 is 14.3 Å². The molecule has 1 fully saturated rings. The van der Waals surface area contributed by atoms with E-state index in [-0.39, 0.29) is 24.3 Å². The second-order valence-electron chi connectivity index (χ2n) is 7.09. The smallest absolute Gasteiger partial charge is 0.326 e. The van der Waals surface area contributed by atoms with E-state index in [9.17, 15) is 9.59 Å². The number of rotatable bonds is 5. The number of ether oxygens (including phenoxy) is 1. The molecule has 2 heterocycles. The first-order valence-corrected chi connectivity index (χ1v) is 9.54. The third kappa shape index (κ3) is 3.38. The van der Waals surface area contributed by atoms with Crippen LogP contribution in [0.3, 0.4) is 0 Å². The molecule has 6 heteroatoms. The van der Waals surface area contributed by atoms with Crippen molar-refractivity contribution in [3.8, 4) is 0 Å². The summed E-state index contributed by atoms with van der Waals surface area (Å²) in [6, 6.07) is 15.7. The number of amides is 1. The second kappa shape index (κ2) is 7.46. The van der Waals surface area contributed by atoms with Crippen molar-refractivity contribution in [3.63, 3.8) is 0 Å². The molecule has 1 amide bonds. The van der Waals surface area contributed by atoms with Crippen LogP contribution < -0.4 is 4.90 Å². The maximum atomic E-state index is 12.7. The molecule has 1 aliphatic rings. The summed E-state index contributed by atoms with van der Waals surface area (Å²) < 4.78 is 7.03. The summed E-state index contributed by atoms with van der Waals surface area (Å²) in [5, 5.41) is 0. The molecule has 0 radical (unpaired) electrons. The van der Waals surface area contributed by atoms with Crippen molar-refractivity contribution in [1.29, 1.82) is 0 Å². The van der Waals surface area contributed by atoms with Crippen LogP contribution in [0.4, 0.5) is 5.69 Å². The van der Waals surface area contributed by atoms with E-state index in [1.807, 2.05) is 60.0 Å². The molecule has 3 aromatic rings. The Morgan fingerprint density at radius 1 is 1.18 bits per heavy atom. The Labute approximate surface area is 163 Å². The Bertz CT molecular complexity index is 1020. The van der Waals surface area contributed by atoms with E-state index in [1.54, 1.807) is 11.8 Å². The number of hydrogen-bond acceptors (Lipinski definition) is 4. The van der Waals surface area contributed by atoms with Gasteiger partial charge in [-0.15, -0.1) is 0 Å². The maximum absolute atomic E-state index is 12.7. The lowest BCUT2D eigenvalue weighted by Gasteiger charge is -2.17. The number of anilines is 1. The quantitative estimate of drug-likeness (QED) is 0.639. The molecule has 0 saturated carbocycles. The van der Waals surface area contributed by atoms with Gasteiger partial charge in [-0.1, -0.05) is 29.8 Å². The Morgan fingerprint density at radius 3 is 2.68 bits per heavy atom. The molecule has 1 aromatic heterocycles. The van der Waals surface area contributed by atoms with Crippen molar-refractivity contribution in [1.82, 2.24) is 9.55 Å². The van der Waals surface area contributed by atoms with E-state index < -0.39 is 0 Å². The summed E-state index contributed by atoms with van der Waals surface area (Å²) in [7, 11) is 0. The summed E-state index contributed by atoms with van der Waals surface area (Å²) in [6.07, 6.45) is 0.375. The molecular weight excluding hydrogens is 354 g/mol. The number of carbonyl (C=O) groups excluding carboxylic acids is 2. The Kier molecular flexibility index (Phi) is 4.86. The highest BCUT2D eigenvalue weighted by Crippen LogP contribution is 2.33. The minimum absolute atomic E-state index is 0.0728. The highest BCUT2D eigenvalue weighted by molar-refractivity contribution is 5.96. The maximum Gasteiger partial charge on any atom is 0.326 e. The lowest BCUT2D eigenvalue weighted by Crippen LogP contribution is -2.24. The zero-order valence-electron chi connectivity index (χ0n) is 16.1. The summed E-state index contributed by atoms with van der Waals surface area (Å²) in [5.41, 5.74) is 3.75. The first-order chi connectivity index (χ1) is 13.6. The van der Waals surface area contributed by atoms with E-state index in [0.29, 0.717) is 19.6 Å². The third-order valence-electron chi connectivity index (χ3n) is 5.11. The van der Waals surface area contributed by atoms with E-state index in [2.05, 4.69) is 0 Å². The number of aromatic nitrogens is 2. The van der Waals surface area contributed by atoms with Crippen LogP contribution >= 0.6 is 0 Å². The van der Waals surface area contributed by atoms with Gasteiger partial charge in [0.1, 0.15) is 12.4 Å². The van der Waals surface area contributed by atoms with Crippen molar-refractivity contribution >= 4 is 28.6 Å². The van der Waals surface area contributed by atoms with Gasteiger partial charge in [-0.2, -0.15) is 0 Å². The van der Waals surface area contributed by atoms with E-state index >= 15 is 0 Å². The van der Waals surface area contributed by atoms with Crippen LogP contribution in [0.2, 0.25) is 0 Å². The predicted molar refractivity (Wildman–Crippen MR) is 107 cm³/mol. The minimum atomic E-state index is -0.299. The number of carbonyl (C=O) groups is 2. The lowest BCUT2D eigenvalue weighted by molar-refractivity contribution is -0.143. The largest absolute Gasteiger partial charge is 0.465 e. The molecule has 0 aliphatic carbocycles. The average Bonchev–Trinajstić information content (AvgIpc) is 3.24. The number of benzene rings is 2. The average molecular weight is 377 g/mol. The van der Waals surface area contributed by atoms with Crippen LogP contribution in [0.25, 0.3) is 11.0 Å². The number of esters is 1. The van der Waals surface area contributed by atoms with Crippen LogP contribution in [0.15, 0.2) is 48.5 Å². The normalized spacial score (nSPS) is 16.7. The lowest BCUT2D eigenvalue weighted by atomic mass is 10.1. The molecule has 2 aromatic carbocycles. The molecule has 4 rings (SSSR count). The zero-order chi connectivity index (χ0) is 19.7. The molecule has 0 N–H and O–H groups in total. The molecule has 1 saturated heterocycles. The van der Waals surface area contributed by atoms with Crippen molar-refractivity contribution in [2.75, 3.05) is 18.1 Å². The van der Waals surface area contributed by atoms with E-state index in [1.165, 1.54) is 0 Å². The molecule has 0 bridgehead atoms. The first kappa shape index (κ1) is 18.2. The van der Waals surface area contributed by atoms with Gasteiger partial charge in [0, 0.05) is 24.6 Å². The second-order valence-corrected chi connectivity index (χ2v) is 7.09. The number of aryl methyl sites for hydroxylation is 1. The topological polar surface area (TPSA) is 64.4 Å². The van der Waals surface area contributed by atoms with E-state index in [0.717, 1.165) is 28.1 Å². The van der Waals surface area contributed by atoms with Crippen LogP contribution in [0, 0.1) is 6.92 Å². The van der Waals surface area contributed by atoms with Crippen molar-refractivity contribution in [3.05, 3.63) is 59.9 Å². The molecule has 1 aliphatic heterocycles. The monoisotopic (exact) mass is 377 g/mol. The Morgan fingerprint density at radius 2 is 1.93 bits per heavy atom. The first-order valence-electron chi connectivity index (χ1n) is 9.54. The standard InChI is InChI=1S/C22H23N3O3/c1-3-28-21(27)14-25-19-7-5-4-6-18(19)23-22(25)16-12-20(26)24(13-16)17-10-8-15(2)9-11-17/h4-11,16H,3,12-14H2,1-2H3/t16-/m1/s1. The predicted octanol–water partition coefficient (Wildman–Crippen LogP) is 3.43. The molecule has 144 valence electrons. The van der Waals surface area contributed by atoms with Gasteiger partial charge in [-0.3, -0.25) is 9.59 Å². The van der Waals surface area contributed by atoms with Gasteiger partial charge >= 0.3 is 5.97 Å². The van der Waals surface area contributed by atoms with Gasteiger partial charge in [0.15, 0.2) is 0 Å². The van der Waals surface area contributed by atoms with Gasteiger partial charge in [0.2, 0.25) is 5.91 Å². The van der Waals surface area contributed by atoms with Gasteiger partial charge in [0.25, 0.3) is 0 Å². The fraction of sp³-hybridized carbons (Fsp3) is 0.318. The Balaban J connectivity index is 1.68. The van der Waals surface area contributed by atoms with Crippen LogP contribution in [-0.4, -0.2) is 34.6 Å².